The van der Waals surface area contributed by atoms with E-state index >= 15 is 0 Å². The Balaban J connectivity index is 3.35. The summed E-state index contributed by atoms with van der Waals surface area (Å²) < 4.78 is 9.13. The third-order valence-corrected chi connectivity index (χ3v) is 0.743. The molecule has 1 unspecified atom stereocenters. The van der Waals surface area contributed by atoms with Gasteiger partial charge in [0.15, 0.2) is 12.5 Å². The van der Waals surface area contributed by atoms with Crippen LogP contribution in [0.3, 0.4) is 0 Å². The van der Waals surface area contributed by atoms with Crippen LogP contribution in [0.5, 0.6) is 0 Å². The van der Waals surface area contributed by atoms with Crippen LogP contribution in [0.4, 0.5) is 0 Å². The summed E-state index contributed by atoms with van der Waals surface area (Å²) in [7, 11) is 2.81. The van der Waals surface area contributed by atoms with Gasteiger partial charge in [-0.15, -0.1) is 0 Å². The second-order valence-corrected chi connectivity index (χ2v) is 1.33. The minimum atomic E-state index is -1.06. The molecule has 50 valence electrons. The largest absolute Gasteiger partial charge is 0.373 e. The average molecular weight is 121 g/mol. The van der Waals surface area contributed by atoms with Crippen molar-refractivity contribution < 1.29 is 14.6 Å². The number of ether oxygens (including phenoxy) is 2. The Bertz CT molecular complexity index is 53.2. The van der Waals surface area contributed by atoms with Crippen molar-refractivity contribution in [2.75, 3.05) is 14.2 Å². The molecule has 0 aliphatic heterocycles. The van der Waals surface area contributed by atoms with Crippen LogP contribution in [0.15, 0.2) is 0 Å². The van der Waals surface area contributed by atoms with E-state index in [1.165, 1.54) is 14.2 Å². The maximum atomic E-state index is 8.54. The Kier molecular flexibility index (Phi) is 3.72. The summed E-state index contributed by atoms with van der Waals surface area (Å²) in [5.74, 6) is 0. The van der Waals surface area contributed by atoms with Gasteiger partial charge in [-0.05, 0) is 0 Å². The molecule has 0 saturated carbocycles. The molecule has 4 nitrogen and oxygen atoms in total. The molecule has 0 aromatic carbocycles. The molecular formula is C4H11NO3. The van der Waals surface area contributed by atoms with E-state index in [4.69, 9.17) is 10.8 Å². The summed E-state index contributed by atoms with van der Waals surface area (Å²) in [6.07, 6.45) is -1.78. The number of rotatable bonds is 3. The number of aliphatic hydroxyl groups excluding tert-OH is 1. The first-order valence-corrected chi connectivity index (χ1v) is 2.21. The Morgan fingerprint density at radius 3 is 1.75 bits per heavy atom. The van der Waals surface area contributed by atoms with E-state index in [0.717, 1.165) is 0 Å². The zero-order chi connectivity index (χ0) is 6.57. The minimum absolute atomic E-state index is 0.713. The molecule has 8 heavy (non-hydrogen) atoms. The van der Waals surface area contributed by atoms with Gasteiger partial charge in [0.05, 0.1) is 0 Å². The molecule has 0 fully saturated rings. The Hall–Kier alpha value is -0.160. The van der Waals surface area contributed by atoms with Gasteiger partial charge >= 0.3 is 0 Å². The summed E-state index contributed by atoms with van der Waals surface area (Å²) in [6, 6.07) is 0. The van der Waals surface area contributed by atoms with Crippen LogP contribution >= 0.6 is 0 Å². The fraction of sp³-hybridized carbons (Fsp3) is 1.00. The van der Waals surface area contributed by atoms with E-state index in [2.05, 4.69) is 9.47 Å². The highest BCUT2D eigenvalue weighted by Gasteiger charge is 2.10. The fourth-order valence-corrected chi connectivity index (χ4v) is 0.375. The summed E-state index contributed by atoms with van der Waals surface area (Å²) in [4.78, 5) is 0. The summed E-state index contributed by atoms with van der Waals surface area (Å²) >= 11 is 0. The standard InChI is InChI=1S/C4H11NO3/c1-7-4(8-2)3(5)6/h3-4,6H,5H2,1-2H3. The van der Waals surface area contributed by atoms with Crippen molar-refractivity contribution in [3.8, 4) is 0 Å². The second kappa shape index (κ2) is 3.80. The topological polar surface area (TPSA) is 64.7 Å². The van der Waals surface area contributed by atoms with Crippen LogP contribution in [0, 0.1) is 0 Å². The van der Waals surface area contributed by atoms with E-state index in [1.54, 1.807) is 0 Å². The predicted molar refractivity (Wildman–Crippen MR) is 28.0 cm³/mol. The summed E-state index contributed by atoms with van der Waals surface area (Å²) in [5, 5.41) is 8.54. The molecule has 0 saturated heterocycles. The van der Waals surface area contributed by atoms with E-state index in [1.807, 2.05) is 0 Å². The second-order valence-electron chi connectivity index (χ2n) is 1.33. The smallest absolute Gasteiger partial charge is 0.196 e. The minimum Gasteiger partial charge on any atom is -0.373 e. The molecular weight excluding hydrogens is 110 g/mol. The molecule has 0 aromatic rings. The molecule has 0 radical (unpaired) electrons. The molecule has 0 rings (SSSR count). The molecule has 0 aliphatic carbocycles. The first-order chi connectivity index (χ1) is 3.72. The fourth-order valence-electron chi connectivity index (χ4n) is 0.375. The highest BCUT2D eigenvalue weighted by Crippen LogP contribution is 1.90. The lowest BCUT2D eigenvalue weighted by Crippen LogP contribution is -2.36. The van der Waals surface area contributed by atoms with Crippen LogP contribution in [0.2, 0.25) is 0 Å². The number of hydrogen-bond donors (Lipinski definition) is 2. The van der Waals surface area contributed by atoms with Crippen molar-refractivity contribution in [1.29, 1.82) is 0 Å². The maximum absolute atomic E-state index is 8.54. The van der Waals surface area contributed by atoms with Gasteiger partial charge in [-0.25, -0.2) is 0 Å². The van der Waals surface area contributed by atoms with Crippen LogP contribution < -0.4 is 5.73 Å². The van der Waals surface area contributed by atoms with Crippen molar-refractivity contribution in [3.63, 3.8) is 0 Å². The summed E-state index contributed by atoms with van der Waals surface area (Å²) in [5.41, 5.74) is 4.96. The molecule has 0 bridgehead atoms. The lowest BCUT2D eigenvalue weighted by Gasteiger charge is -2.14. The van der Waals surface area contributed by atoms with E-state index < -0.39 is 12.5 Å². The number of aliphatic hydroxyl groups is 1. The van der Waals surface area contributed by atoms with Crippen molar-refractivity contribution in [2.24, 2.45) is 5.73 Å². The van der Waals surface area contributed by atoms with Gasteiger partial charge in [0.2, 0.25) is 0 Å². The zero-order valence-electron chi connectivity index (χ0n) is 5.00. The first-order valence-electron chi connectivity index (χ1n) is 2.21. The monoisotopic (exact) mass is 121 g/mol. The lowest BCUT2D eigenvalue weighted by atomic mass is 10.6. The van der Waals surface area contributed by atoms with Crippen LogP contribution in [0.25, 0.3) is 0 Å². The molecule has 0 spiro atoms. The van der Waals surface area contributed by atoms with Gasteiger partial charge in [0.1, 0.15) is 0 Å². The highest BCUT2D eigenvalue weighted by molar-refractivity contribution is 4.46. The number of hydrogen-bond acceptors (Lipinski definition) is 4. The summed E-state index contributed by atoms with van der Waals surface area (Å²) in [6.45, 7) is 0. The van der Waals surface area contributed by atoms with Crippen molar-refractivity contribution in [1.82, 2.24) is 0 Å². The third-order valence-electron chi connectivity index (χ3n) is 0.743. The maximum Gasteiger partial charge on any atom is 0.196 e. The van der Waals surface area contributed by atoms with Gasteiger partial charge in [0, 0.05) is 14.2 Å². The Labute approximate surface area is 48.2 Å². The van der Waals surface area contributed by atoms with Gasteiger partial charge in [-0.3, -0.25) is 0 Å². The van der Waals surface area contributed by atoms with E-state index in [9.17, 15) is 0 Å². The van der Waals surface area contributed by atoms with Crippen molar-refractivity contribution >= 4 is 0 Å². The molecule has 0 amide bonds. The van der Waals surface area contributed by atoms with Crippen LogP contribution in [-0.4, -0.2) is 31.8 Å². The van der Waals surface area contributed by atoms with Gasteiger partial charge in [-0.1, -0.05) is 0 Å². The molecule has 3 N–H and O–H groups in total. The van der Waals surface area contributed by atoms with Gasteiger partial charge < -0.3 is 20.3 Å². The average Bonchev–Trinajstić information content (AvgIpc) is 1.69. The van der Waals surface area contributed by atoms with Gasteiger partial charge in [-0.2, -0.15) is 0 Å². The molecule has 0 aliphatic rings. The Morgan fingerprint density at radius 1 is 1.38 bits per heavy atom. The van der Waals surface area contributed by atoms with E-state index in [0.29, 0.717) is 0 Å². The normalized spacial score (nSPS) is 14.6. The van der Waals surface area contributed by atoms with E-state index in [-0.39, 0.29) is 0 Å². The van der Waals surface area contributed by atoms with Crippen LogP contribution in [-0.2, 0) is 9.47 Å². The lowest BCUT2D eigenvalue weighted by molar-refractivity contribution is -0.161. The zero-order valence-corrected chi connectivity index (χ0v) is 5.00. The molecule has 4 heteroatoms. The molecule has 1 atom stereocenters. The van der Waals surface area contributed by atoms with Gasteiger partial charge in [0.25, 0.3) is 0 Å². The quantitative estimate of drug-likeness (QED) is 0.464. The Morgan fingerprint density at radius 2 is 1.75 bits per heavy atom. The van der Waals surface area contributed by atoms with Crippen LogP contribution in [0.1, 0.15) is 0 Å². The number of nitrogens with two attached hydrogens (primary N) is 1. The molecule has 0 aromatic heterocycles. The first kappa shape index (κ1) is 7.84. The predicted octanol–water partition coefficient (Wildman–Crippen LogP) is -1.12. The van der Waals surface area contributed by atoms with Crippen molar-refractivity contribution in [2.45, 2.75) is 12.5 Å². The highest BCUT2D eigenvalue weighted by atomic mass is 16.7. The SMILES string of the molecule is COC(OC)C(N)O. The van der Waals surface area contributed by atoms with Crippen molar-refractivity contribution in [3.05, 3.63) is 0 Å². The molecule has 0 heterocycles. The number of methoxy groups -OCH3 is 2. The third kappa shape index (κ3) is 2.23.